The summed E-state index contributed by atoms with van der Waals surface area (Å²) in [5, 5.41) is 2.68. The highest BCUT2D eigenvalue weighted by Gasteiger charge is 2.30. The number of sulfonamides is 1. The van der Waals surface area contributed by atoms with E-state index in [-0.39, 0.29) is 36.2 Å². The average Bonchev–Trinajstić information content (AvgIpc) is 2.53. The zero-order valence-electron chi connectivity index (χ0n) is 14.3. The Morgan fingerprint density at radius 3 is 2.48 bits per heavy atom. The number of amides is 1. The summed E-state index contributed by atoms with van der Waals surface area (Å²) in [5.74, 6) is -0.0131. The van der Waals surface area contributed by atoms with E-state index < -0.39 is 10.0 Å². The van der Waals surface area contributed by atoms with Gasteiger partial charge in [0.2, 0.25) is 15.9 Å². The van der Waals surface area contributed by atoms with Gasteiger partial charge in [0, 0.05) is 29.0 Å². The quantitative estimate of drug-likeness (QED) is 0.643. The molecule has 2 rings (SSSR count). The van der Waals surface area contributed by atoms with Crippen molar-refractivity contribution in [1.29, 1.82) is 0 Å². The number of nitrogens with zero attached hydrogens (tertiary/aromatic N) is 1. The van der Waals surface area contributed by atoms with Crippen LogP contribution in [0.3, 0.4) is 0 Å². The van der Waals surface area contributed by atoms with Crippen LogP contribution >= 0.6 is 27.7 Å². The van der Waals surface area contributed by atoms with Crippen LogP contribution in [0.2, 0.25) is 0 Å². The first kappa shape index (κ1) is 20.7. The van der Waals surface area contributed by atoms with Crippen molar-refractivity contribution in [1.82, 2.24) is 9.62 Å². The fourth-order valence-electron chi connectivity index (χ4n) is 2.54. The molecule has 1 aliphatic heterocycles. The molecule has 25 heavy (non-hydrogen) atoms. The molecule has 140 valence electrons. The number of carbonyl (C=O) groups is 1. The van der Waals surface area contributed by atoms with Crippen LogP contribution in [0.4, 0.5) is 0 Å². The van der Waals surface area contributed by atoms with Crippen LogP contribution in [0.5, 0.6) is 0 Å². The van der Waals surface area contributed by atoms with Crippen molar-refractivity contribution in [3.63, 3.8) is 0 Å². The van der Waals surface area contributed by atoms with Gasteiger partial charge >= 0.3 is 0 Å². The zero-order valence-corrected chi connectivity index (χ0v) is 17.5. The minimum Gasteiger partial charge on any atom is -0.373 e. The third-order valence-electron chi connectivity index (χ3n) is 3.65. The predicted octanol–water partition coefficient (Wildman–Crippen LogP) is 2.10. The predicted molar refractivity (Wildman–Crippen MR) is 103 cm³/mol. The third-order valence-corrected chi connectivity index (χ3v) is 6.99. The Bertz CT molecular complexity index is 672. The van der Waals surface area contributed by atoms with Gasteiger partial charge in [-0.2, -0.15) is 4.31 Å². The Morgan fingerprint density at radius 1 is 1.28 bits per heavy atom. The molecule has 6 nitrogen and oxygen atoms in total. The number of hydrogen-bond donors (Lipinski definition) is 1. The standard InChI is InChI=1S/C16H23BrN2O4S2/c1-12-9-19(10-13(2)23-12)25(21,22)8-7-18-16(20)11-24-15-5-3-14(17)4-6-15/h3-6,12-13H,7-11H2,1-2H3,(H,18,20). The average molecular weight is 451 g/mol. The fourth-order valence-corrected chi connectivity index (χ4v) is 5.02. The van der Waals surface area contributed by atoms with Gasteiger partial charge in [0.15, 0.2) is 0 Å². The lowest BCUT2D eigenvalue weighted by Gasteiger charge is -2.34. The molecule has 1 aliphatic rings. The molecule has 1 amide bonds. The van der Waals surface area contributed by atoms with Gasteiger partial charge < -0.3 is 10.1 Å². The van der Waals surface area contributed by atoms with Crippen LogP contribution in [0, 0.1) is 0 Å². The second-order valence-electron chi connectivity index (χ2n) is 5.98. The van der Waals surface area contributed by atoms with Crippen LogP contribution in [0.25, 0.3) is 0 Å². The van der Waals surface area contributed by atoms with Crippen molar-refractivity contribution < 1.29 is 17.9 Å². The summed E-state index contributed by atoms with van der Waals surface area (Å²) in [6.07, 6.45) is -0.231. The summed E-state index contributed by atoms with van der Waals surface area (Å²) in [5.41, 5.74) is 0. The number of nitrogens with one attached hydrogen (secondary N) is 1. The minimum atomic E-state index is -3.39. The number of benzene rings is 1. The van der Waals surface area contributed by atoms with E-state index in [1.54, 1.807) is 0 Å². The molecule has 0 radical (unpaired) electrons. The van der Waals surface area contributed by atoms with Gasteiger partial charge in [0.25, 0.3) is 0 Å². The van der Waals surface area contributed by atoms with E-state index in [1.165, 1.54) is 16.1 Å². The van der Waals surface area contributed by atoms with Crippen molar-refractivity contribution >= 4 is 43.6 Å². The highest BCUT2D eigenvalue weighted by atomic mass is 79.9. The number of halogens is 1. The molecule has 0 aliphatic carbocycles. The van der Waals surface area contributed by atoms with Crippen LogP contribution in [0.1, 0.15) is 13.8 Å². The second kappa shape index (κ2) is 9.36. The largest absolute Gasteiger partial charge is 0.373 e. The lowest BCUT2D eigenvalue weighted by Crippen LogP contribution is -2.49. The van der Waals surface area contributed by atoms with Crippen molar-refractivity contribution in [2.75, 3.05) is 31.1 Å². The van der Waals surface area contributed by atoms with Gasteiger partial charge in [0.1, 0.15) is 0 Å². The van der Waals surface area contributed by atoms with E-state index in [0.717, 1.165) is 9.37 Å². The van der Waals surface area contributed by atoms with E-state index in [2.05, 4.69) is 21.2 Å². The highest BCUT2D eigenvalue weighted by Crippen LogP contribution is 2.20. The number of ether oxygens (including phenoxy) is 1. The van der Waals surface area contributed by atoms with Gasteiger partial charge in [-0.1, -0.05) is 15.9 Å². The van der Waals surface area contributed by atoms with Gasteiger partial charge in [-0.15, -0.1) is 11.8 Å². The van der Waals surface area contributed by atoms with E-state index in [0.29, 0.717) is 13.1 Å². The second-order valence-corrected chi connectivity index (χ2v) is 10.0. The first-order chi connectivity index (χ1) is 11.8. The van der Waals surface area contributed by atoms with Crippen LogP contribution < -0.4 is 5.32 Å². The third kappa shape index (κ3) is 6.90. The van der Waals surface area contributed by atoms with Gasteiger partial charge in [0.05, 0.1) is 23.7 Å². The fraction of sp³-hybridized carbons (Fsp3) is 0.562. The lowest BCUT2D eigenvalue weighted by molar-refractivity contribution is -0.118. The molecule has 0 saturated carbocycles. The summed E-state index contributed by atoms with van der Waals surface area (Å²) in [4.78, 5) is 12.9. The molecule has 1 aromatic carbocycles. The molecule has 0 aromatic heterocycles. The molecule has 1 aromatic rings. The number of morpholine rings is 1. The molecule has 1 heterocycles. The Labute approximate surface area is 161 Å². The SMILES string of the molecule is CC1CN(S(=O)(=O)CCNC(=O)CSc2ccc(Br)cc2)CC(C)O1. The first-order valence-corrected chi connectivity index (χ1v) is 11.4. The van der Waals surface area contributed by atoms with Gasteiger partial charge in [-0.3, -0.25) is 4.79 Å². The number of hydrogen-bond acceptors (Lipinski definition) is 5. The van der Waals surface area contributed by atoms with Gasteiger partial charge in [-0.05, 0) is 38.1 Å². The summed E-state index contributed by atoms with van der Waals surface area (Å²) >= 11 is 4.78. The molecule has 9 heteroatoms. The molecular weight excluding hydrogens is 428 g/mol. The molecule has 1 N–H and O–H groups in total. The number of carbonyl (C=O) groups excluding carboxylic acids is 1. The maximum Gasteiger partial charge on any atom is 0.230 e. The molecule has 1 fully saturated rings. The lowest BCUT2D eigenvalue weighted by atomic mass is 10.3. The van der Waals surface area contributed by atoms with Crippen molar-refractivity contribution in [3.05, 3.63) is 28.7 Å². The Hall–Kier alpha value is -0.610. The molecular formula is C16H23BrN2O4S2. The van der Waals surface area contributed by atoms with E-state index >= 15 is 0 Å². The minimum absolute atomic E-state index is 0.0961. The van der Waals surface area contributed by atoms with E-state index in [9.17, 15) is 13.2 Å². The first-order valence-electron chi connectivity index (χ1n) is 8.04. The van der Waals surface area contributed by atoms with E-state index in [4.69, 9.17) is 4.74 Å². The summed E-state index contributed by atoms with van der Waals surface area (Å²) in [7, 11) is -3.39. The van der Waals surface area contributed by atoms with Crippen LogP contribution in [-0.2, 0) is 19.6 Å². The Kier molecular flexibility index (Phi) is 7.75. The maximum atomic E-state index is 12.4. The van der Waals surface area contributed by atoms with Crippen molar-refractivity contribution in [3.8, 4) is 0 Å². The summed E-state index contributed by atoms with van der Waals surface area (Å²) in [6, 6.07) is 7.68. The smallest absolute Gasteiger partial charge is 0.230 e. The Balaban J connectivity index is 1.73. The van der Waals surface area contributed by atoms with E-state index in [1.807, 2.05) is 38.1 Å². The summed E-state index contributed by atoms with van der Waals surface area (Å²) in [6.45, 7) is 4.56. The molecule has 0 bridgehead atoms. The molecule has 1 saturated heterocycles. The molecule has 2 atom stereocenters. The normalized spacial score (nSPS) is 21.9. The molecule has 0 spiro atoms. The van der Waals surface area contributed by atoms with Crippen LogP contribution in [0.15, 0.2) is 33.6 Å². The monoisotopic (exact) mass is 450 g/mol. The zero-order chi connectivity index (χ0) is 18.4. The molecule has 2 unspecified atom stereocenters. The van der Waals surface area contributed by atoms with Gasteiger partial charge in [-0.25, -0.2) is 8.42 Å². The maximum absolute atomic E-state index is 12.4. The number of thioether (sulfide) groups is 1. The van der Waals surface area contributed by atoms with Crippen LogP contribution in [-0.4, -0.2) is 62.0 Å². The Morgan fingerprint density at radius 2 is 1.88 bits per heavy atom. The van der Waals surface area contributed by atoms with Crippen molar-refractivity contribution in [2.24, 2.45) is 0 Å². The van der Waals surface area contributed by atoms with Crippen molar-refractivity contribution in [2.45, 2.75) is 31.0 Å². The topological polar surface area (TPSA) is 75.7 Å². The highest BCUT2D eigenvalue weighted by molar-refractivity contribution is 9.10. The number of rotatable bonds is 7. The summed E-state index contributed by atoms with van der Waals surface area (Å²) < 4.78 is 32.7.